The number of carboxylic acid groups (broad SMARTS) is 2. The molecule has 1 rings (SSSR count). The quantitative estimate of drug-likeness (QED) is 0.123. The Morgan fingerprint density at radius 2 is 1.63 bits per heavy atom. The predicted molar refractivity (Wildman–Crippen MR) is 119 cm³/mol. The molecule has 35 heavy (non-hydrogen) atoms. The summed E-state index contributed by atoms with van der Waals surface area (Å²) in [7, 11) is 0. The molecule has 0 spiro atoms. The highest BCUT2D eigenvalue weighted by Crippen LogP contribution is 2.07. The summed E-state index contributed by atoms with van der Waals surface area (Å²) in [5.41, 5.74) is 11.0. The Hall–Kier alpha value is -4.01. The van der Waals surface area contributed by atoms with Gasteiger partial charge in [0.15, 0.2) is 0 Å². The molecule has 0 aliphatic rings. The fourth-order valence-electron chi connectivity index (χ4n) is 2.98. The van der Waals surface area contributed by atoms with Gasteiger partial charge in [0.25, 0.3) is 0 Å². The number of nitrogens with one attached hydrogen (secondary N) is 4. The van der Waals surface area contributed by atoms with Crippen LogP contribution in [0.5, 0.6) is 0 Å². The van der Waals surface area contributed by atoms with Gasteiger partial charge >= 0.3 is 11.9 Å². The van der Waals surface area contributed by atoms with E-state index in [9.17, 15) is 33.9 Å². The van der Waals surface area contributed by atoms with E-state index in [0.29, 0.717) is 5.69 Å². The molecule has 1 aromatic heterocycles. The summed E-state index contributed by atoms with van der Waals surface area (Å²) in [6.07, 6.45) is 1.46. The zero-order valence-corrected chi connectivity index (χ0v) is 19.3. The minimum atomic E-state index is -1.44. The van der Waals surface area contributed by atoms with Crippen LogP contribution in [0.2, 0.25) is 0 Å². The van der Waals surface area contributed by atoms with Crippen molar-refractivity contribution < 1.29 is 39.0 Å². The summed E-state index contributed by atoms with van der Waals surface area (Å²) >= 11 is 0. The number of hydrogen-bond acceptors (Lipinski definition) is 8. The predicted octanol–water partition coefficient (Wildman–Crippen LogP) is -2.79. The van der Waals surface area contributed by atoms with Gasteiger partial charge in [-0.2, -0.15) is 0 Å². The molecule has 4 atom stereocenters. The second kappa shape index (κ2) is 13.6. The van der Waals surface area contributed by atoms with E-state index in [-0.39, 0.29) is 19.3 Å². The number of carbonyl (C=O) groups is 6. The fraction of sp³-hybridized carbons (Fsp3) is 0.550. The van der Waals surface area contributed by atoms with E-state index in [1.807, 2.05) is 0 Å². The van der Waals surface area contributed by atoms with Gasteiger partial charge in [-0.1, -0.05) is 13.8 Å². The number of rotatable bonds is 15. The Morgan fingerprint density at radius 3 is 2.11 bits per heavy atom. The molecule has 0 fully saturated rings. The van der Waals surface area contributed by atoms with Crippen LogP contribution in [0.4, 0.5) is 0 Å². The number of aromatic amines is 1. The molecule has 4 amide bonds. The Kier molecular flexibility index (Phi) is 11.3. The molecule has 1 aromatic rings. The largest absolute Gasteiger partial charge is 0.481 e. The number of hydrogen-bond donors (Lipinski definition) is 8. The van der Waals surface area contributed by atoms with Crippen molar-refractivity contribution in [3.63, 3.8) is 0 Å². The van der Waals surface area contributed by atoms with Crippen molar-refractivity contribution >= 4 is 35.6 Å². The monoisotopic (exact) mass is 497 g/mol. The molecule has 0 aromatic carbocycles. The van der Waals surface area contributed by atoms with Crippen LogP contribution in [-0.4, -0.2) is 79.9 Å². The number of nitrogens with two attached hydrogens (primary N) is 2. The number of primary amides is 1. The lowest BCUT2D eigenvalue weighted by Crippen LogP contribution is -2.59. The topological polar surface area (TPSA) is 260 Å². The maximum absolute atomic E-state index is 13.0. The van der Waals surface area contributed by atoms with Crippen molar-refractivity contribution in [1.82, 2.24) is 25.9 Å². The van der Waals surface area contributed by atoms with Crippen molar-refractivity contribution in [3.05, 3.63) is 18.2 Å². The first-order valence-electron chi connectivity index (χ1n) is 10.7. The number of amides is 4. The van der Waals surface area contributed by atoms with E-state index in [0.717, 1.165) is 0 Å². The fourth-order valence-corrected chi connectivity index (χ4v) is 2.98. The molecule has 10 N–H and O–H groups in total. The first-order chi connectivity index (χ1) is 16.3. The van der Waals surface area contributed by atoms with E-state index < -0.39 is 72.1 Å². The van der Waals surface area contributed by atoms with Crippen LogP contribution in [-0.2, 0) is 35.2 Å². The molecule has 0 aliphatic heterocycles. The third-order valence-electron chi connectivity index (χ3n) is 4.88. The van der Waals surface area contributed by atoms with Gasteiger partial charge in [-0.05, 0) is 12.3 Å². The molecule has 0 saturated heterocycles. The SMILES string of the molecule is CC(C)[C@H](NC(=O)[C@@H](N)CC(=O)O)C(=O)N[C@@H](Cc1cnc[nH]1)C(=O)N[C@@H](CCC(N)=O)C(=O)O. The van der Waals surface area contributed by atoms with Crippen molar-refractivity contribution in [3.8, 4) is 0 Å². The van der Waals surface area contributed by atoms with Crippen LogP contribution in [0.1, 0.15) is 38.8 Å². The molecule has 194 valence electrons. The second-order valence-electron chi connectivity index (χ2n) is 8.18. The zero-order valence-electron chi connectivity index (χ0n) is 19.3. The van der Waals surface area contributed by atoms with Crippen LogP contribution in [0.25, 0.3) is 0 Å². The van der Waals surface area contributed by atoms with Gasteiger partial charge in [-0.25, -0.2) is 9.78 Å². The lowest BCUT2D eigenvalue weighted by molar-refractivity contribution is -0.142. The van der Waals surface area contributed by atoms with Crippen molar-refractivity contribution in [2.24, 2.45) is 17.4 Å². The standard InChI is InChI=1S/C20H31N7O8/c1-9(2)16(27-17(31)11(21)6-15(29)30)19(33)26-13(5-10-7-23-8-24-10)18(32)25-12(20(34)35)3-4-14(22)28/h7-9,11-13,16H,3-6,21H2,1-2H3,(H2,22,28)(H,23,24)(H,25,32)(H,26,33)(H,27,31)(H,29,30)(H,34,35)/t11-,12-,13-,16-/m0/s1. The van der Waals surface area contributed by atoms with E-state index in [1.54, 1.807) is 13.8 Å². The van der Waals surface area contributed by atoms with E-state index in [2.05, 4.69) is 25.9 Å². The highest BCUT2D eigenvalue weighted by Gasteiger charge is 2.32. The number of carboxylic acids is 2. The highest BCUT2D eigenvalue weighted by atomic mass is 16.4. The minimum absolute atomic E-state index is 0.100. The zero-order chi connectivity index (χ0) is 26.7. The molecule has 15 heteroatoms. The maximum Gasteiger partial charge on any atom is 0.326 e. The van der Waals surface area contributed by atoms with E-state index in [4.69, 9.17) is 16.6 Å². The smallest absolute Gasteiger partial charge is 0.326 e. The van der Waals surface area contributed by atoms with Gasteiger partial charge in [0, 0.05) is 24.7 Å². The Labute approximate surface area is 200 Å². The van der Waals surface area contributed by atoms with Gasteiger partial charge in [-0.3, -0.25) is 24.0 Å². The molecular weight excluding hydrogens is 466 g/mol. The lowest BCUT2D eigenvalue weighted by Gasteiger charge is -2.26. The lowest BCUT2D eigenvalue weighted by atomic mass is 10.0. The number of aromatic nitrogens is 2. The van der Waals surface area contributed by atoms with Gasteiger partial charge in [0.1, 0.15) is 18.1 Å². The number of nitrogens with zero attached hydrogens (tertiary/aromatic N) is 1. The normalized spacial score (nSPS) is 14.3. The number of aliphatic carboxylic acids is 2. The van der Waals surface area contributed by atoms with Crippen molar-refractivity contribution in [1.29, 1.82) is 0 Å². The van der Waals surface area contributed by atoms with Gasteiger partial charge in [0.2, 0.25) is 23.6 Å². The molecule has 0 unspecified atom stereocenters. The summed E-state index contributed by atoms with van der Waals surface area (Å²) in [5.74, 6) is -6.42. The van der Waals surface area contributed by atoms with Crippen molar-refractivity contribution in [2.45, 2.75) is 63.7 Å². The third-order valence-corrected chi connectivity index (χ3v) is 4.88. The molecule has 1 heterocycles. The number of H-pyrrole nitrogens is 1. The van der Waals surface area contributed by atoms with Crippen LogP contribution in [0.15, 0.2) is 12.5 Å². The minimum Gasteiger partial charge on any atom is -0.481 e. The van der Waals surface area contributed by atoms with Gasteiger partial charge in [-0.15, -0.1) is 0 Å². The van der Waals surface area contributed by atoms with E-state index >= 15 is 0 Å². The Bertz CT molecular complexity index is 919. The average molecular weight is 498 g/mol. The summed E-state index contributed by atoms with van der Waals surface area (Å²) in [6.45, 7) is 3.23. The molecule has 0 bridgehead atoms. The Balaban J connectivity index is 3.03. The van der Waals surface area contributed by atoms with Crippen LogP contribution < -0.4 is 27.4 Å². The first-order valence-corrected chi connectivity index (χ1v) is 10.7. The molecule has 0 saturated carbocycles. The van der Waals surface area contributed by atoms with Crippen LogP contribution in [0, 0.1) is 5.92 Å². The number of carbonyl (C=O) groups excluding carboxylic acids is 4. The van der Waals surface area contributed by atoms with Crippen LogP contribution >= 0.6 is 0 Å². The second-order valence-corrected chi connectivity index (χ2v) is 8.18. The summed E-state index contributed by atoms with van der Waals surface area (Å²) in [4.78, 5) is 78.0. The van der Waals surface area contributed by atoms with Crippen LogP contribution in [0.3, 0.4) is 0 Å². The van der Waals surface area contributed by atoms with Gasteiger partial charge in [0.05, 0.1) is 18.8 Å². The average Bonchev–Trinajstić information content (AvgIpc) is 3.25. The Morgan fingerprint density at radius 1 is 1.00 bits per heavy atom. The summed E-state index contributed by atoms with van der Waals surface area (Å²) in [6, 6.07) is -5.30. The van der Waals surface area contributed by atoms with Crippen molar-refractivity contribution in [2.75, 3.05) is 0 Å². The summed E-state index contributed by atoms with van der Waals surface area (Å²) in [5, 5.41) is 25.3. The highest BCUT2D eigenvalue weighted by molar-refractivity contribution is 5.95. The molecular formula is C20H31N7O8. The maximum atomic E-state index is 13.0. The third kappa shape index (κ3) is 10.2. The summed E-state index contributed by atoms with van der Waals surface area (Å²) < 4.78 is 0. The number of imidazole rings is 1. The molecule has 15 nitrogen and oxygen atoms in total. The molecule has 0 aliphatic carbocycles. The van der Waals surface area contributed by atoms with Gasteiger partial charge < -0.3 is 42.6 Å². The van der Waals surface area contributed by atoms with E-state index in [1.165, 1.54) is 12.5 Å². The molecule has 0 radical (unpaired) electrons. The first kappa shape index (κ1) is 29.0.